The van der Waals surface area contributed by atoms with Gasteiger partial charge in [-0.2, -0.15) is 0 Å². The molecule has 1 heterocycles. The predicted molar refractivity (Wildman–Crippen MR) is 66.1 cm³/mol. The minimum atomic E-state index is -0.465. The second-order valence-corrected chi connectivity index (χ2v) is 5.24. The van der Waals surface area contributed by atoms with Crippen LogP contribution in [0.3, 0.4) is 0 Å². The third-order valence-electron chi connectivity index (χ3n) is 2.50. The van der Waals surface area contributed by atoms with E-state index in [1.807, 2.05) is 27.7 Å². The number of hydrogen-bond donors (Lipinski definition) is 2. The molecular weight excluding hydrogens is 220 g/mol. The smallest absolute Gasteiger partial charge is 0.408 e. The predicted octanol–water partition coefficient (Wildman–Crippen LogP) is 1.28. The van der Waals surface area contributed by atoms with E-state index in [1.165, 1.54) is 0 Å². The Balaban J connectivity index is 2.44. The highest BCUT2D eigenvalue weighted by molar-refractivity contribution is 5.68. The van der Waals surface area contributed by atoms with Crippen molar-refractivity contribution in [2.24, 2.45) is 0 Å². The Morgan fingerprint density at radius 3 is 2.76 bits per heavy atom. The van der Waals surface area contributed by atoms with Crippen molar-refractivity contribution in [2.45, 2.75) is 51.9 Å². The van der Waals surface area contributed by atoms with Gasteiger partial charge in [0.25, 0.3) is 0 Å². The molecule has 0 aromatic carbocycles. The lowest BCUT2D eigenvalue weighted by Crippen LogP contribution is -2.55. The van der Waals surface area contributed by atoms with Crippen molar-refractivity contribution in [2.75, 3.05) is 19.7 Å². The summed E-state index contributed by atoms with van der Waals surface area (Å²) in [4.78, 5) is 11.7. The highest BCUT2D eigenvalue weighted by Gasteiger charge is 2.28. The van der Waals surface area contributed by atoms with E-state index in [2.05, 4.69) is 10.6 Å². The van der Waals surface area contributed by atoms with E-state index in [9.17, 15) is 4.79 Å². The van der Waals surface area contributed by atoms with E-state index in [0.29, 0.717) is 6.61 Å². The molecule has 0 aliphatic carbocycles. The summed E-state index contributed by atoms with van der Waals surface area (Å²) in [5.41, 5.74) is -0.465. The number of piperidine rings is 1. The largest absolute Gasteiger partial charge is 0.444 e. The van der Waals surface area contributed by atoms with Gasteiger partial charge in [0.2, 0.25) is 0 Å². The Labute approximate surface area is 103 Å². The highest BCUT2D eigenvalue weighted by atomic mass is 16.6. The summed E-state index contributed by atoms with van der Waals surface area (Å²) in [6, 6.07) is -0.0152. The van der Waals surface area contributed by atoms with E-state index in [1.54, 1.807) is 0 Å². The van der Waals surface area contributed by atoms with E-state index in [4.69, 9.17) is 9.47 Å². The lowest BCUT2D eigenvalue weighted by molar-refractivity contribution is 0.00725. The van der Waals surface area contributed by atoms with Gasteiger partial charge >= 0.3 is 6.09 Å². The first kappa shape index (κ1) is 14.3. The number of carbonyl (C=O) groups excluding carboxylic acids is 1. The molecule has 2 unspecified atom stereocenters. The molecule has 0 bridgehead atoms. The zero-order valence-corrected chi connectivity index (χ0v) is 11.2. The third-order valence-corrected chi connectivity index (χ3v) is 2.50. The van der Waals surface area contributed by atoms with Gasteiger partial charge in [0.1, 0.15) is 5.60 Å². The monoisotopic (exact) mass is 244 g/mol. The lowest BCUT2D eigenvalue weighted by Gasteiger charge is -2.33. The van der Waals surface area contributed by atoms with E-state index >= 15 is 0 Å². The van der Waals surface area contributed by atoms with E-state index < -0.39 is 5.60 Å². The summed E-state index contributed by atoms with van der Waals surface area (Å²) < 4.78 is 10.8. The van der Waals surface area contributed by atoms with Crippen molar-refractivity contribution >= 4 is 6.09 Å². The first-order valence-electron chi connectivity index (χ1n) is 6.24. The summed E-state index contributed by atoms with van der Waals surface area (Å²) in [5, 5.41) is 6.10. The highest BCUT2D eigenvalue weighted by Crippen LogP contribution is 2.11. The molecule has 1 fully saturated rings. The SMILES string of the molecule is CCOC1CCNCC1NC(=O)OC(C)(C)C. The molecular formula is C12H24N2O3. The Morgan fingerprint density at radius 2 is 2.18 bits per heavy atom. The van der Waals surface area contributed by atoms with Crippen LogP contribution < -0.4 is 10.6 Å². The van der Waals surface area contributed by atoms with Crippen LogP contribution >= 0.6 is 0 Å². The van der Waals surface area contributed by atoms with Crippen LogP contribution in [0, 0.1) is 0 Å². The molecule has 0 saturated carbocycles. The molecule has 5 nitrogen and oxygen atoms in total. The Kier molecular flexibility index (Phi) is 5.21. The molecule has 2 atom stereocenters. The number of nitrogens with one attached hydrogen (secondary N) is 2. The molecule has 5 heteroatoms. The van der Waals surface area contributed by atoms with Crippen LogP contribution in [-0.4, -0.2) is 43.5 Å². The number of rotatable bonds is 3. The summed E-state index contributed by atoms with van der Waals surface area (Å²) in [6.07, 6.45) is 0.610. The van der Waals surface area contributed by atoms with E-state index in [0.717, 1.165) is 19.5 Å². The standard InChI is InChI=1S/C12H24N2O3/c1-5-16-10-6-7-13-8-9(10)14-11(15)17-12(2,3)4/h9-10,13H,5-8H2,1-4H3,(H,14,15). The molecule has 1 saturated heterocycles. The number of amides is 1. The van der Waals surface area contributed by atoms with Crippen LogP contribution in [0.1, 0.15) is 34.1 Å². The zero-order valence-electron chi connectivity index (χ0n) is 11.2. The molecule has 1 aliphatic rings. The molecule has 100 valence electrons. The van der Waals surface area contributed by atoms with Crippen LogP contribution in [0.15, 0.2) is 0 Å². The first-order chi connectivity index (χ1) is 7.92. The summed E-state index contributed by atoms with van der Waals surface area (Å²) in [6.45, 7) is 9.84. The molecule has 0 aromatic rings. The fourth-order valence-corrected chi connectivity index (χ4v) is 1.85. The molecule has 0 radical (unpaired) electrons. The first-order valence-corrected chi connectivity index (χ1v) is 6.24. The van der Waals surface area contributed by atoms with Crippen molar-refractivity contribution in [3.8, 4) is 0 Å². The van der Waals surface area contributed by atoms with Gasteiger partial charge in [-0.05, 0) is 40.7 Å². The molecule has 2 N–H and O–H groups in total. The minimum Gasteiger partial charge on any atom is -0.444 e. The fourth-order valence-electron chi connectivity index (χ4n) is 1.85. The second-order valence-electron chi connectivity index (χ2n) is 5.24. The fraction of sp³-hybridized carbons (Fsp3) is 0.917. The molecule has 1 aliphatic heterocycles. The zero-order chi connectivity index (χ0) is 12.9. The third kappa shape index (κ3) is 5.37. The number of alkyl carbamates (subject to hydrolysis) is 1. The molecule has 1 rings (SSSR count). The van der Waals surface area contributed by atoms with Crippen molar-refractivity contribution < 1.29 is 14.3 Å². The van der Waals surface area contributed by atoms with Crippen molar-refractivity contribution in [3.63, 3.8) is 0 Å². The van der Waals surface area contributed by atoms with E-state index in [-0.39, 0.29) is 18.2 Å². The summed E-state index contributed by atoms with van der Waals surface area (Å²) in [7, 11) is 0. The Bertz CT molecular complexity index is 249. The minimum absolute atomic E-state index is 0.0152. The van der Waals surface area contributed by atoms with Gasteiger partial charge in [-0.3, -0.25) is 0 Å². The van der Waals surface area contributed by atoms with Gasteiger partial charge in [-0.25, -0.2) is 4.79 Å². The van der Waals surface area contributed by atoms with Crippen molar-refractivity contribution in [1.82, 2.24) is 10.6 Å². The number of carbonyl (C=O) groups is 1. The topological polar surface area (TPSA) is 59.6 Å². The molecule has 0 aromatic heterocycles. The van der Waals surface area contributed by atoms with Crippen LogP contribution in [0.25, 0.3) is 0 Å². The van der Waals surface area contributed by atoms with Crippen LogP contribution in [0.2, 0.25) is 0 Å². The number of ether oxygens (including phenoxy) is 2. The van der Waals surface area contributed by atoms with Crippen LogP contribution in [0.4, 0.5) is 4.79 Å². The lowest BCUT2D eigenvalue weighted by atomic mass is 10.0. The maximum absolute atomic E-state index is 11.7. The molecule has 17 heavy (non-hydrogen) atoms. The number of hydrogen-bond acceptors (Lipinski definition) is 4. The van der Waals surface area contributed by atoms with Crippen LogP contribution in [0.5, 0.6) is 0 Å². The second kappa shape index (κ2) is 6.21. The van der Waals surface area contributed by atoms with Crippen LogP contribution in [-0.2, 0) is 9.47 Å². The quantitative estimate of drug-likeness (QED) is 0.785. The van der Waals surface area contributed by atoms with Gasteiger partial charge in [-0.1, -0.05) is 0 Å². The maximum atomic E-state index is 11.7. The average molecular weight is 244 g/mol. The Morgan fingerprint density at radius 1 is 1.47 bits per heavy atom. The van der Waals surface area contributed by atoms with Gasteiger partial charge in [0, 0.05) is 13.2 Å². The van der Waals surface area contributed by atoms with Crippen molar-refractivity contribution in [1.29, 1.82) is 0 Å². The normalized spacial score (nSPS) is 25.4. The van der Waals surface area contributed by atoms with Gasteiger partial charge in [-0.15, -0.1) is 0 Å². The maximum Gasteiger partial charge on any atom is 0.408 e. The van der Waals surface area contributed by atoms with Gasteiger partial charge in [0.15, 0.2) is 0 Å². The van der Waals surface area contributed by atoms with Crippen molar-refractivity contribution in [3.05, 3.63) is 0 Å². The van der Waals surface area contributed by atoms with Gasteiger partial charge < -0.3 is 20.1 Å². The Hall–Kier alpha value is -0.810. The molecule has 1 amide bonds. The summed E-state index contributed by atoms with van der Waals surface area (Å²) >= 11 is 0. The summed E-state index contributed by atoms with van der Waals surface area (Å²) in [5.74, 6) is 0. The van der Waals surface area contributed by atoms with Gasteiger partial charge in [0.05, 0.1) is 12.1 Å². The average Bonchev–Trinajstić information content (AvgIpc) is 2.18. The molecule has 0 spiro atoms.